The Hall–Kier alpha value is -0.960. The van der Waals surface area contributed by atoms with Gasteiger partial charge in [-0.15, -0.1) is 11.8 Å². The monoisotopic (exact) mass is 262 g/mol. The molecule has 2 atom stereocenters. The van der Waals surface area contributed by atoms with E-state index in [2.05, 4.69) is 24.3 Å². The van der Waals surface area contributed by atoms with Gasteiger partial charge in [0, 0.05) is 10.1 Å². The van der Waals surface area contributed by atoms with Crippen LogP contribution in [0.3, 0.4) is 0 Å². The fraction of sp³-hybridized carbons (Fsp3) is 0.533. The second-order valence-electron chi connectivity index (χ2n) is 5.38. The van der Waals surface area contributed by atoms with Gasteiger partial charge in [0.2, 0.25) is 0 Å². The SMILES string of the molecule is O=C(O)C1CC1c1ccc(SC2CCCC2)cc1. The molecule has 0 heterocycles. The van der Waals surface area contributed by atoms with Crippen LogP contribution in [-0.2, 0) is 4.79 Å². The van der Waals surface area contributed by atoms with Crippen LogP contribution in [0.25, 0.3) is 0 Å². The molecule has 3 rings (SSSR count). The molecule has 0 radical (unpaired) electrons. The van der Waals surface area contributed by atoms with E-state index in [4.69, 9.17) is 5.11 Å². The number of hydrogen-bond donors (Lipinski definition) is 1. The third-order valence-corrected chi connectivity index (χ3v) is 5.37. The Labute approximate surface area is 112 Å². The Morgan fingerprint density at radius 2 is 1.83 bits per heavy atom. The minimum atomic E-state index is -0.649. The molecule has 0 aliphatic heterocycles. The molecule has 0 aromatic heterocycles. The van der Waals surface area contributed by atoms with Crippen LogP contribution in [0.1, 0.15) is 43.6 Å². The average molecular weight is 262 g/mol. The van der Waals surface area contributed by atoms with E-state index in [1.807, 2.05) is 11.8 Å². The summed E-state index contributed by atoms with van der Waals surface area (Å²) in [6.45, 7) is 0. The molecule has 0 bridgehead atoms. The van der Waals surface area contributed by atoms with E-state index in [-0.39, 0.29) is 11.8 Å². The van der Waals surface area contributed by atoms with Crippen molar-refractivity contribution in [3.63, 3.8) is 0 Å². The second-order valence-corrected chi connectivity index (χ2v) is 6.75. The molecule has 0 saturated heterocycles. The first-order chi connectivity index (χ1) is 8.74. The predicted octanol–water partition coefficient (Wildman–Crippen LogP) is 3.91. The standard InChI is InChI=1S/C15H18O2S/c16-15(17)14-9-13(14)10-5-7-12(8-6-10)18-11-3-1-2-4-11/h5-8,11,13-14H,1-4,9H2,(H,16,17). The van der Waals surface area contributed by atoms with Crippen molar-refractivity contribution < 1.29 is 9.90 Å². The third-order valence-electron chi connectivity index (χ3n) is 4.02. The van der Waals surface area contributed by atoms with Gasteiger partial charge in [-0.3, -0.25) is 4.79 Å². The van der Waals surface area contributed by atoms with Crippen LogP contribution in [0.4, 0.5) is 0 Å². The van der Waals surface area contributed by atoms with E-state index in [1.165, 1.54) is 36.1 Å². The predicted molar refractivity (Wildman–Crippen MR) is 73.0 cm³/mol. The van der Waals surface area contributed by atoms with Gasteiger partial charge in [0.25, 0.3) is 0 Å². The summed E-state index contributed by atoms with van der Waals surface area (Å²) in [5.74, 6) is -0.532. The van der Waals surface area contributed by atoms with Gasteiger partial charge in [-0.1, -0.05) is 25.0 Å². The Kier molecular flexibility index (Phi) is 3.33. The van der Waals surface area contributed by atoms with Crippen molar-refractivity contribution in [3.05, 3.63) is 29.8 Å². The van der Waals surface area contributed by atoms with E-state index in [0.29, 0.717) is 0 Å². The smallest absolute Gasteiger partial charge is 0.307 e. The molecule has 3 heteroatoms. The highest BCUT2D eigenvalue weighted by molar-refractivity contribution is 8.00. The van der Waals surface area contributed by atoms with Crippen LogP contribution < -0.4 is 0 Å². The molecule has 96 valence electrons. The molecule has 18 heavy (non-hydrogen) atoms. The Morgan fingerprint density at radius 3 is 2.39 bits per heavy atom. The van der Waals surface area contributed by atoms with Gasteiger partial charge in [0.15, 0.2) is 0 Å². The van der Waals surface area contributed by atoms with Crippen LogP contribution in [0.5, 0.6) is 0 Å². The number of hydrogen-bond acceptors (Lipinski definition) is 2. The number of carboxylic acids is 1. The maximum absolute atomic E-state index is 10.8. The summed E-state index contributed by atoms with van der Waals surface area (Å²) in [4.78, 5) is 12.2. The molecule has 1 N–H and O–H groups in total. The fourth-order valence-corrected chi connectivity index (χ4v) is 4.08. The molecule has 1 aromatic rings. The number of carbonyl (C=O) groups is 1. The zero-order valence-electron chi connectivity index (χ0n) is 10.3. The number of aliphatic carboxylic acids is 1. The average Bonchev–Trinajstić information content (AvgIpc) is 3.02. The molecule has 2 aliphatic rings. The highest BCUT2D eigenvalue weighted by atomic mass is 32.2. The van der Waals surface area contributed by atoms with E-state index in [9.17, 15) is 4.79 Å². The van der Waals surface area contributed by atoms with Gasteiger partial charge in [-0.25, -0.2) is 0 Å². The van der Waals surface area contributed by atoms with Crippen molar-refractivity contribution in [1.82, 2.24) is 0 Å². The summed E-state index contributed by atoms with van der Waals surface area (Å²) in [6, 6.07) is 8.56. The zero-order chi connectivity index (χ0) is 12.5. The molecule has 2 unspecified atom stereocenters. The topological polar surface area (TPSA) is 37.3 Å². The van der Waals surface area contributed by atoms with Crippen LogP contribution in [0.2, 0.25) is 0 Å². The van der Waals surface area contributed by atoms with Gasteiger partial charge in [0.05, 0.1) is 5.92 Å². The number of benzene rings is 1. The maximum Gasteiger partial charge on any atom is 0.307 e. The molecule has 0 amide bonds. The van der Waals surface area contributed by atoms with Crippen molar-refractivity contribution in [2.45, 2.75) is 48.2 Å². The van der Waals surface area contributed by atoms with Crippen molar-refractivity contribution >= 4 is 17.7 Å². The molecular weight excluding hydrogens is 244 g/mol. The second kappa shape index (κ2) is 4.96. The fourth-order valence-electron chi connectivity index (χ4n) is 2.83. The van der Waals surface area contributed by atoms with Crippen molar-refractivity contribution in [2.75, 3.05) is 0 Å². The summed E-state index contributed by atoms with van der Waals surface area (Å²) < 4.78 is 0. The Balaban J connectivity index is 1.61. The first kappa shape index (κ1) is 12.1. The highest BCUT2D eigenvalue weighted by Crippen LogP contribution is 2.48. The van der Waals surface area contributed by atoms with Crippen LogP contribution in [0, 0.1) is 5.92 Å². The van der Waals surface area contributed by atoms with Crippen molar-refractivity contribution in [2.24, 2.45) is 5.92 Å². The molecule has 2 nitrogen and oxygen atoms in total. The lowest BCUT2D eigenvalue weighted by molar-refractivity contribution is -0.138. The first-order valence-corrected chi connectivity index (χ1v) is 7.61. The third kappa shape index (κ3) is 2.56. The highest BCUT2D eigenvalue weighted by Gasteiger charge is 2.43. The minimum absolute atomic E-state index is 0.140. The Morgan fingerprint density at radius 1 is 1.17 bits per heavy atom. The molecule has 2 saturated carbocycles. The lowest BCUT2D eigenvalue weighted by Crippen LogP contribution is -1.98. The Bertz CT molecular complexity index is 434. The molecule has 2 fully saturated rings. The number of carboxylic acid groups (broad SMARTS) is 1. The molecule has 2 aliphatic carbocycles. The van der Waals surface area contributed by atoms with E-state index in [1.54, 1.807) is 0 Å². The number of thioether (sulfide) groups is 1. The summed E-state index contributed by atoms with van der Waals surface area (Å²) in [5.41, 5.74) is 1.19. The maximum atomic E-state index is 10.8. The normalized spacial score (nSPS) is 27.3. The molecular formula is C15H18O2S. The summed E-state index contributed by atoms with van der Waals surface area (Å²) in [7, 11) is 0. The summed E-state index contributed by atoms with van der Waals surface area (Å²) in [6.07, 6.45) is 6.24. The van der Waals surface area contributed by atoms with Gasteiger partial charge in [-0.2, -0.15) is 0 Å². The lowest BCUT2D eigenvalue weighted by atomic mass is 10.1. The quantitative estimate of drug-likeness (QED) is 0.894. The van der Waals surface area contributed by atoms with Crippen LogP contribution >= 0.6 is 11.8 Å². The van der Waals surface area contributed by atoms with Gasteiger partial charge < -0.3 is 5.11 Å². The van der Waals surface area contributed by atoms with Gasteiger partial charge >= 0.3 is 5.97 Å². The van der Waals surface area contributed by atoms with Crippen LogP contribution in [0.15, 0.2) is 29.2 Å². The van der Waals surface area contributed by atoms with E-state index in [0.717, 1.165) is 11.7 Å². The van der Waals surface area contributed by atoms with E-state index >= 15 is 0 Å². The minimum Gasteiger partial charge on any atom is -0.481 e. The van der Waals surface area contributed by atoms with Gasteiger partial charge in [0.1, 0.15) is 0 Å². The van der Waals surface area contributed by atoms with Crippen LogP contribution in [-0.4, -0.2) is 16.3 Å². The van der Waals surface area contributed by atoms with Crippen molar-refractivity contribution in [3.8, 4) is 0 Å². The molecule has 1 aromatic carbocycles. The van der Waals surface area contributed by atoms with E-state index < -0.39 is 5.97 Å². The molecule has 0 spiro atoms. The summed E-state index contributed by atoms with van der Waals surface area (Å²) >= 11 is 1.98. The van der Waals surface area contributed by atoms with Crippen molar-refractivity contribution in [1.29, 1.82) is 0 Å². The van der Waals surface area contributed by atoms with Gasteiger partial charge in [-0.05, 0) is 42.9 Å². The first-order valence-electron chi connectivity index (χ1n) is 6.73. The lowest BCUT2D eigenvalue weighted by Gasteiger charge is -2.09. The zero-order valence-corrected chi connectivity index (χ0v) is 11.2. The summed E-state index contributed by atoms with van der Waals surface area (Å²) in [5, 5.41) is 9.72. The largest absolute Gasteiger partial charge is 0.481 e. The number of rotatable bonds is 4.